The lowest BCUT2D eigenvalue weighted by Crippen LogP contribution is -2.27. The average molecular weight is 457 g/mol. The van der Waals surface area contributed by atoms with Crippen molar-refractivity contribution in [2.75, 3.05) is 0 Å². The number of aromatic nitrogens is 3. The van der Waals surface area contributed by atoms with E-state index in [4.69, 9.17) is 11.6 Å². The molecule has 11 heteroatoms. The summed E-state index contributed by atoms with van der Waals surface area (Å²) in [6.07, 6.45) is -4.86. The first-order valence-electron chi connectivity index (χ1n) is 9.10. The van der Waals surface area contributed by atoms with Crippen molar-refractivity contribution in [3.8, 4) is 17.1 Å². The molecule has 0 aliphatic rings. The van der Waals surface area contributed by atoms with Crippen molar-refractivity contribution >= 4 is 17.5 Å². The summed E-state index contributed by atoms with van der Waals surface area (Å²) < 4.78 is 52.9. The molecular weight excluding hydrogens is 440 g/mol. The maximum atomic E-state index is 13.9. The first-order chi connectivity index (χ1) is 14.5. The summed E-state index contributed by atoms with van der Waals surface area (Å²) in [4.78, 5) is 26.5. The van der Waals surface area contributed by atoms with Crippen LogP contribution in [0.5, 0.6) is 0 Å². The molecule has 0 saturated heterocycles. The smallest absolute Gasteiger partial charge is 0.352 e. The van der Waals surface area contributed by atoms with Crippen LogP contribution in [0.15, 0.2) is 41.2 Å². The lowest BCUT2D eigenvalue weighted by Gasteiger charge is -2.09. The Morgan fingerprint density at radius 3 is 2.55 bits per heavy atom. The third-order valence-electron chi connectivity index (χ3n) is 4.40. The summed E-state index contributed by atoms with van der Waals surface area (Å²) in [5, 5.41) is 7.04. The van der Waals surface area contributed by atoms with Gasteiger partial charge in [0.25, 0.3) is 0 Å². The number of hydrogen-bond acceptors (Lipinski definition) is 3. The van der Waals surface area contributed by atoms with Crippen LogP contribution in [-0.2, 0) is 17.5 Å². The summed E-state index contributed by atoms with van der Waals surface area (Å²) >= 11 is 6.20. The number of hydrogen-bond donors (Lipinski definition) is 2. The zero-order chi connectivity index (χ0) is 22.9. The fourth-order valence-electron chi connectivity index (χ4n) is 2.74. The molecule has 0 aliphatic heterocycles. The Morgan fingerprint density at radius 1 is 1.23 bits per heavy atom. The minimum absolute atomic E-state index is 0.0346. The van der Waals surface area contributed by atoms with Crippen LogP contribution in [-0.4, -0.2) is 20.7 Å². The van der Waals surface area contributed by atoms with Crippen molar-refractivity contribution in [2.24, 2.45) is 5.92 Å². The quantitative estimate of drug-likeness (QED) is 0.561. The van der Waals surface area contributed by atoms with Crippen LogP contribution in [0, 0.1) is 11.7 Å². The maximum absolute atomic E-state index is 13.9. The van der Waals surface area contributed by atoms with Crippen LogP contribution in [0.4, 0.5) is 17.6 Å². The number of halogens is 5. The number of aromatic amines is 1. The Balaban J connectivity index is 1.94. The molecule has 0 saturated carbocycles. The van der Waals surface area contributed by atoms with Gasteiger partial charge in [0.2, 0.25) is 5.91 Å². The molecule has 1 aromatic heterocycles. The zero-order valence-corrected chi connectivity index (χ0v) is 17.1. The molecule has 0 fully saturated rings. The largest absolute Gasteiger partial charge is 0.419 e. The van der Waals surface area contributed by atoms with Crippen molar-refractivity contribution in [1.29, 1.82) is 0 Å². The predicted octanol–water partition coefficient (Wildman–Crippen LogP) is 4.31. The van der Waals surface area contributed by atoms with E-state index in [1.165, 1.54) is 0 Å². The van der Waals surface area contributed by atoms with E-state index in [-0.39, 0.29) is 34.9 Å². The third kappa shape index (κ3) is 4.96. The normalized spacial score (nSPS) is 11.7. The van der Waals surface area contributed by atoms with E-state index in [1.54, 1.807) is 32.0 Å². The van der Waals surface area contributed by atoms with E-state index in [0.29, 0.717) is 23.3 Å². The highest BCUT2D eigenvalue weighted by molar-refractivity contribution is 6.33. The molecule has 1 amide bonds. The first kappa shape index (κ1) is 22.5. The van der Waals surface area contributed by atoms with Crippen LogP contribution in [0.1, 0.15) is 25.0 Å². The highest BCUT2D eigenvalue weighted by atomic mass is 35.5. The van der Waals surface area contributed by atoms with Crippen LogP contribution < -0.4 is 11.0 Å². The summed E-state index contributed by atoms with van der Waals surface area (Å²) in [6.45, 7) is 3.73. The number of amides is 1. The van der Waals surface area contributed by atoms with Crippen molar-refractivity contribution < 1.29 is 22.4 Å². The number of carbonyl (C=O) groups excluding carboxylic acids is 1. The van der Waals surface area contributed by atoms with Gasteiger partial charge in [-0.15, -0.1) is 5.10 Å². The predicted molar refractivity (Wildman–Crippen MR) is 106 cm³/mol. The topological polar surface area (TPSA) is 79.8 Å². The molecule has 0 radical (unpaired) electrons. The molecule has 1 heterocycles. The van der Waals surface area contributed by atoms with Gasteiger partial charge in [-0.2, -0.15) is 17.9 Å². The number of alkyl halides is 3. The molecule has 0 spiro atoms. The van der Waals surface area contributed by atoms with Gasteiger partial charge < -0.3 is 5.32 Å². The van der Waals surface area contributed by atoms with Gasteiger partial charge >= 0.3 is 11.9 Å². The Bertz CT molecular complexity index is 1180. The van der Waals surface area contributed by atoms with Gasteiger partial charge in [0.15, 0.2) is 5.82 Å². The number of benzene rings is 2. The van der Waals surface area contributed by atoms with Gasteiger partial charge in [-0.05, 0) is 29.8 Å². The van der Waals surface area contributed by atoms with Crippen LogP contribution >= 0.6 is 11.6 Å². The fraction of sp³-hybridized carbons (Fsp3) is 0.250. The minimum Gasteiger partial charge on any atom is -0.352 e. The molecule has 2 aromatic carbocycles. The molecule has 0 bridgehead atoms. The van der Waals surface area contributed by atoms with Gasteiger partial charge in [0, 0.05) is 24.1 Å². The summed E-state index contributed by atoms with van der Waals surface area (Å²) in [6, 6.07) is 6.91. The Kier molecular flexibility index (Phi) is 6.21. The minimum atomic E-state index is -4.86. The average Bonchev–Trinajstić information content (AvgIpc) is 3.07. The van der Waals surface area contributed by atoms with Gasteiger partial charge in [0.05, 0.1) is 16.3 Å². The second-order valence-electron chi connectivity index (χ2n) is 7.04. The molecule has 0 unspecified atom stereocenters. The SMILES string of the molecule is CC(C)C(=O)NCc1ccc(Cl)c(-c2nn(-c3ccc(C(F)(F)F)c(F)c3)c(=O)[nH]2)c1. The van der Waals surface area contributed by atoms with E-state index in [1.807, 2.05) is 0 Å². The molecular formula is C20H17ClF4N4O2. The molecule has 6 nitrogen and oxygen atoms in total. The molecule has 31 heavy (non-hydrogen) atoms. The molecule has 3 aromatic rings. The summed E-state index contributed by atoms with van der Waals surface area (Å²) in [5.74, 6) is -1.82. The van der Waals surface area contributed by atoms with E-state index >= 15 is 0 Å². The molecule has 0 aliphatic carbocycles. The van der Waals surface area contributed by atoms with Crippen LogP contribution in [0.2, 0.25) is 5.02 Å². The zero-order valence-electron chi connectivity index (χ0n) is 16.3. The Morgan fingerprint density at radius 2 is 1.94 bits per heavy atom. The van der Waals surface area contributed by atoms with Crippen molar-refractivity contribution in [3.63, 3.8) is 0 Å². The van der Waals surface area contributed by atoms with E-state index in [0.717, 1.165) is 10.7 Å². The summed E-state index contributed by atoms with van der Waals surface area (Å²) in [5.41, 5.74) is -1.40. The highest BCUT2D eigenvalue weighted by Crippen LogP contribution is 2.32. The second-order valence-corrected chi connectivity index (χ2v) is 7.45. The van der Waals surface area contributed by atoms with Gasteiger partial charge in [0.1, 0.15) is 5.82 Å². The molecule has 2 N–H and O–H groups in total. The Hall–Kier alpha value is -3.14. The van der Waals surface area contributed by atoms with Gasteiger partial charge in [-0.1, -0.05) is 31.5 Å². The highest BCUT2D eigenvalue weighted by Gasteiger charge is 2.34. The van der Waals surface area contributed by atoms with E-state index in [9.17, 15) is 27.2 Å². The van der Waals surface area contributed by atoms with E-state index in [2.05, 4.69) is 15.4 Å². The number of H-pyrrole nitrogens is 1. The Labute approximate surface area is 178 Å². The van der Waals surface area contributed by atoms with Gasteiger partial charge in [-0.25, -0.2) is 9.18 Å². The number of carbonyl (C=O) groups is 1. The third-order valence-corrected chi connectivity index (χ3v) is 4.73. The van der Waals surface area contributed by atoms with Crippen molar-refractivity contribution in [2.45, 2.75) is 26.6 Å². The van der Waals surface area contributed by atoms with Crippen molar-refractivity contribution in [1.82, 2.24) is 20.1 Å². The maximum Gasteiger partial charge on any atom is 0.419 e. The summed E-state index contributed by atoms with van der Waals surface area (Å²) in [7, 11) is 0. The number of nitrogens with zero attached hydrogens (tertiary/aromatic N) is 2. The number of nitrogens with one attached hydrogen (secondary N) is 2. The lowest BCUT2D eigenvalue weighted by atomic mass is 10.1. The van der Waals surface area contributed by atoms with Crippen LogP contribution in [0.3, 0.4) is 0 Å². The fourth-order valence-corrected chi connectivity index (χ4v) is 2.95. The van der Waals surface area contributed by atoms with Gasteiger partial charge in [-0.3, -0.25) is 9.78 Å². The molecule has 3 rings (SSSR count). The van der Waals surface area contributed by atoms with Crippen molar-refractivity contribution in [3.05, 3.63) is 68.8 Å². The first-order valence-corrected chi connectivity index (χ1v) is 9.48. The monoisotopic (exact) mass is 456 g/mol. The number of rotatable bonds is 5. The molecule has 0 atom stereocenters. The molecule has 164 valence electrons. The van der Waals surface area contributed by atoms with Crippen LogP contribution in [0.25, 0.3) is 17.1 Å². The van der Waals surface area contributed by atoms with E-state index < -0.39 is 23.2 Å². The second kappa shape index (κ2) is 8.54. The standard InChI is InChI=1S/C20H17ClF4N4O2/c1-10(2)18(30)26-9-11-3-6-15(21)13(7-11)17-27-19(31)29(28-17)12-4-5-14(16(22)8-12)20(23,24)25/h3-8,10H,9H2,1-2H3,(H,26,30)(H,27,28,31). The lowest BCUT2D eigenvalue weighted by molar-refractivity contribution is -0.140.